The first-order valence-electron chi connectivity index (χ1n) is 3.41. The summed E-state index contributed by atoms with van der Waals surface area (Å²) in [5.41, 5.74) is 0. The van der Waals surface area contributed by atoms with E-state index in [1.54, 1.807) is 0 Å². The highest BCUT2D eigenvalue weighted by atomic mass is 35.5. The van der Waals surface area contributed by atoms with Crippen LogP contribution < -0.4 is 0 Å². The molecule has 0 amide bonds. The molecule has 1 heterocycles. The molecule has 0 aromatic heterocycles. The van der Waals surface area contributed by atoms with Gasteiger partial charge in [-0.15, -0.1) is 23.2 Å². The van der Waals surface area contributed by atoms with E-state index in [4.69, 9.17) is 49.8 Å². The summed E-state index contributed by atoms with van der Waals surface area (Å²) in [6.07, 6.45) is -0.612. The number of ether oxygens (including phenoxy) is 1. The lowest BCUT2D eigenvalue weighted by atomic mass is 10.2. The first-order valence-corrected chi connectivity index (χ1v) is 4.67. The molecule has 1 fully saturated rings. The SMILES string of the molecule is OCC1OC(Cl)(CO)C(Cl)C1Cl. The minimum atomic E-state index is -1.36. The molecule has 1 rings (SSSR count). The average Bonchev–Trinajstić information content (AvgIpc) is 2.31. The minimum Gasteiger partial charge on any atom is -0.394 e. The Bertz CT molecular complexity index is 168. The van der Waals surface area contributed by atoms with Crippen LogP contribution >= 0.6 is 34.8 Å². The number of rotatable bonds is 2. The second-order valence-electron chi connectivity index (χ2n) is 2.63. The van der Waals surface area contributed by atoms with Crippen molar-refractivity contribution < 1.29 is 14.9 Å². The Morgan fingerprint density at radius 3 is 2.17 bits per heavy atom. The maximum atomic E-state index is 8.85. The van der Waals surface area contributed by atoms with Gasteiger partial charge < -0.3 is 14.9 Å². The van der Waals surface area contributed by atoms with Crippen molar-refractivity contribution in [2.75, 3.05) is 13.2 Å². The molecule has 0 aliphatic carbocycles. The van der Waals surface area contributed by atoms with Gasteiger partial charge in [-0.3, -0.25) is 0 Å². The van der Waals surface area contributed by atoms with Gasteiger partial charge >= 0.3 is 0 Å². The zero-order valence-electron chi connectivity index (χ0n) is 6.08. The number of hydrogen-bond donors (Lipinski definition) is 2. The number of hydrogen-bond acceptors (Lipinski definition) is 3. The van der Waals surface area contributed by atoms with E-state index in [-0.39, 0.29) is 6.61 Å². The fraction of sp³-hybridized carbons (Fsp3) is 1.00. The van der Waals surface area contributed by atoms with Crippen LogP contribution in [0.2, 0.25) is 0 Å². The molecule has 0 bridgehead atoms. The zero-order valence-corrected chi connectivity index (χ0v) is 8.35. The zero-order chi connectivity index (χ0) is 9.35. The van der Waals surface area contributed by atoms with Crippen LogP contribution in [0.25, 0.3) is 0 Å². The summed E-state index contributed by atoms with van der Waals surface area (Å²) in [6, 6.07) is 0. The molecule has 12 heavy (non-hydrogen) atoms. The lowest BCUT2D eigenvalue weighted by Crippen LogP contribution is -2.35. The Kier molecular flexibility index (Phi) is 3.49. The first-order chi connectivity index (χ1) is 5.55. The highest BCUT2D eigenvalue weighted by molar-refractivity contribution is 6.37. The van der Waals surface area contributed by atoms with Crippen molar-refractivity contribution >= 4 is 34.8 Å². The molecule has 2 N–H and O–H groups in total. The summed E-state index contributed by atoms with van der Waals surface area (Å²) < 4.78 is 5.07. The molecule has 6 heteroatoms. The minimum absolute atomic E-state index is 0.258. The van der Waals surface area contributed by atoms with Crippen LogP contribution in [0.15, 0.2) is 0 Å². The van der Waals surface area contributed by atoms with E-state index in [0.29, 0.717) is 0 Å². The van der Waals surface area contributed by atoms with Gasteiger partial charge in [0, 0.05) is 0 Å². The Morgan fingerprint density at radius 2 is 1.92 bits per heavy atom. The topological polar surface area (TPSA) is 49.7 Å². The number of aliphatic hydroxyl groups is 2. The van der Waals surface area contributed by atoms with Crippen LogP contribution in [-0.2, 0) is 4.74 Å². The van der Waals surface area contributed by atoms with Gasteiger partial charge in [-0.1, -0.05) is 11.6 Å². The highest BCUT2D eigenvalue weighted by Gasteiger charge is 2.52. The Balaban J connectivity index is 2.72. The van der Waals surface area contributed by atoms with Gasteiger partial charge in [-0.05, 0) is 0 Å². The summed E-state index contributed by atoms with van der Waals surface area (Å²) in [5.74, 6) is 0. The van der Waals surface area contributed by atoms with E-state index in [0.717, 1.165) is 0 Å². The van der Waals surface area contributed by atoms with E-state index in [9.17, 15) is 0 Å². The molecule has 4 unspecified atom stereocenters. The maximum Gasteiger partial charge on any atom is 0.182 e. The summed E-state index contributed by atoms with van der Waals surface area (Å²) in [5, 5.41) is 15.0. The fourth-order valence-corrected chi connectivity index (χ4v) is 2.00. The quantitative estimate of drug-likeness (QED) is 0.686. The third-order valence-electron chi connectivity index (χ3n) is 1.79. The van der Waals surface area contributed by atoms with Gasteiger partial charge in [0.2, 0.25) is 0 Å². The molecule has 72 valence electrons. The lowest BCUT2D eigenvalue weighted by Gasteiger charge is -2.21. The highest BCUT2D eigenvalue weighted by Crippen LogP contribution is 2.40. The van der Waals surface area contributed by atoms with Gasteiger partial charge in [-0.25, -0.2) is 0 Å². The Labute approximate surface area is 85.2 Å². The van der Waals surface area contributed by atoms with Crippen molar-refractivity contribution in [1.29, 1.82) is 0 Å². The van der Waals surface area contributed by atoms with Gasteiger partial charge in [0.05, 0.1) is 24.0 Å². The van der Waals surface area contributed by atoms with Crippen LogP contribution in [0.4, 0.5) is 0 Å². The standard InChI is InChI=1S/C6H9Cl3O3/c7-4-3(1-10)12-6(9,2-11)5(4)8/h3-5,10-11H,1-2H2. The molecule has 0 aromatic rings. The van der Waals surface area contributed by atoms with E-state index in [1.165, 1.54) is 0 Å². The second kappa shape index (κ2) is 3.86. The molecule has 4 atom stereocenters. The van der Waals surface area contributed by atoms with Crippen molar-refractivity contribution in [2.45, 2.75) is 21.9 Å². The van der Waals surface area contributed by atoms with Crippen LogP contribution in [-0.4, -0.2) is 45.3 Å². The summed E-state index contributed by atoms with van der Waals surface area (Å²) in [6.45, 7) is -0.686. The third kappa shape index (κ3) is 1.67. The summed E-state index contributed by atoms with van der Waals surface area (Å²) in [7, 11) is 0. The van der Waals surface area contributed by atoms with Crippen LogP contribution in [0.5, 0.6) is 0 Å². The third-order valence-corrected chi connectivity index (χ3v) is 3.63. The second-order valence-corrected chi connectivity index (χ2v) is 4.24. The number of halogens is 3. The van der Waals surface area contributed by atoms with E-state index >= 15 is 0 Å². The molecule has 0 radical (unpaired) electrons. The number of alkyl halides is 3. The van der Waals surface area contributed by atoms with Crippen molar-refractivity contribution in [3.05, 3.63) is 0 Å². The largest absolute Gasteiger partial charge is 0.394 e. The molecule has 1 saturated heterocycles. The molecule has 0 saturated carbocycles. The molecular weight excluding hydrogens is 226 g/mol. The fourth-order valence-electron chi connectivity index (χ4n) is 1.07. The summed E-state index contributed by atoms with van der Waals surface area (Å²) >= 11 is 17.3. The number of aliphatic hydroxyl groups excluding tert-OH is 2. The molecular formula is C6H9Cl3O3. The van der Waals surface area contributed by atoms with Crippen molar-refractivity contribution in [3.63, 3.8) is 0 Å². The average molecular weight is 235 g/mol. The Morgan fingerprint density at radius 1 is 1.33 bits per heavy atom. The molecule has 1 aliphatic rings. The van der Waals surface area contributed by atoms with E-state index in [1.807, 2.05) is 0 Å². The first kappa shape index (κ1) is 10.8. The van der Waals surface area contributed by atoms with Gasteiger partial charge in [-0.2, -0.15) is 0 Å². The lowest BCUT2D eigenvalue weighted by molar-refractivity contribution is -0.0352. The smallest absolute Gasteiger partial charge is 0.182 e. The van der Waals surface area contributed by atoms with Crippen molar-refractivity contribution in [1.82, 2.24) is 0 Å². The van der Waals surface area contributed by atoms with Crippen LogP contribution in [0, 0.1) is 0 Å². The van der Waals surface area contributed by atoms with E-state index < -0.39 is 28.5 Å². The predicted molar refractivity (Wildman–Crippen MR) is 46.9 cm³/mol. The normalized spacial score (nSPS) is 48.2. The van der Waals surface area contributed by atoms with Crippen molar-refractivity contribution in [2.24, 2.45) is 0 Å². The molecule has 0 spiro atoms. The van der Waals surface area contributed by atoms with Crippen molar-refractivity contribution in [3.8, 4) is 0 Å². The van der Waals surface area contributed by atoms with Gasteiger partial charge in [0.15, 0.2) is 5.06 Å². The predicted octanol–water partition coefficient (Wildman–Crippen LogP) is 0.520. The van der Waals surface area contributed by atoms with Crippen LogP contribution in [0.3, 0.4) is 0 Å². The Hall–Kier alpha value is 0.750. The molecule has 3 nitrogen and oxygen atoms in total. The van der Waals surface area contributed by atoms with Gasteiger partial charge in [0.1, 0.15) is 6.10 Å². The van der Waals surface area contributed by atoms with Crippen LogP contribution in [0.1, 0.15) is 0 Å². The molecule has 0 aromatic carbocycles. The van der Waals surface area contributed by atoms with E-state index in [2.05, 4.69) is 0 Å². The van der Waals surface area contributed by atoms with Gasteiger partial charge in [0.25, 0.3) is 0 Å². The monoisotopic (exact) mass is 234 g/mol. The molecule has 1 aliphatic heterocycles. The summed E-state index contributed by atoms with van der Waals surface area (Å²) in [4.78, 5) is 0. The maximum absolute atomic E-state index is 8.85.